The van der Waals surface area contributed by atoms with Crippen LogP contribution in [-0.2, 0) is 16.0 Å². The standard InChI is InChI=1S/C18H25NO5S/c1-6-24-18(21)16(12(2)20)17(25-5)19-10-9-13-7-8-14(22-3)15(11-13)23-4/h7-8,11,20H,6,9-10H2,1-5H3/b16-12-,19-17?. The van der Waals surface area contributed by atoms with E-state index in [1.54, 1.807) is 27.4 Å². The van der Waals surface area contributed by atoms with Crippen molar-refractivity contribution in [3.63, 3.8) is 0 Å². The number of carbonyl (C=O) groups excluding carboxylic acids is 1. The second-order valence-corrected chi connectivity index (χ2v) is 5.81. The second kappa shape index (κ2) is 10.7. The Morgan fingerprint density at radius 1 is 1.24 bits per heavy atom. The van der Waals surface area contributed by atoms with Gasteiger partial charge in [0.2, 0.25) is 0 Å². The lowest BCUT2D eigenvalue weighted by molar-refractivity contribution is -0.138. The summed E-state index contributed by atoms with van der Waals surface area (Å²) in [6.07, 6.45) is 2.46. The van der Waals surface area contributed by atoms with Crippen molar-refractivity contribution in [2.75, 3.05) is 33.6 Å². The molecular weight excluding hydrogens is 342 g/mol. The van der Waals surface area contributed by atoms with Gasteiger partial charge in [0.15, 0.2) is 11.5 Å². The van der Waals surface area contributed by atoms with Gasteiger partial charge in [-0.05, 0) is 44.2 Å². The highest BCUT2D eigenvalue weighted by Gasteiger charge is 2.20. The van der Waals surface area contributed by atoms with Gasteiger partial charge >= 0.3 is 5.97 Å². The summed E-state index contributed by atoms with van der Waals surface area (Å²) in [5.41, 5.74) is 1.14. The highest BCUT2D eigenvalue weighted by atomic mass is 32.2. The zero-order valence-corrected chi connectivity index (χ0v) is 16.1. The highest BCUT2D eigenvalue weighted by Crippen LogP contribution is 2.27. The lowest BCUT2D eigenvalue weighted by Gasteiger charge is -2.10. The topological polar surface area (TPSA) is 77.4 Å². The van der Waals surface area contributed by atoms with Crippen LogP contribution in [0.2, 0.25) is 0 Å². The number of aliphatic hydroxyl groups is 1. The molecule has 6 nitrogen and oxygen atoms in total. The fourth-order valence-electron chi connectivity index (χ4n) is 2.16. The number of methoxy groups -OCH3 is 2. The summed E-state index contributed by atoms with van der Waals surface area (Å²) in [6, 6.07) is 5.68. The van der Waals surface area contributed by atoms with Gasteiger partial charge in [0.1, 0.15) is 16.4 Å². The molecule has 1 N–H and O–H groups in total. The average Bonchev–Trinajstić information content (AvgIpc) is 2.60. The maximum atomic E-state index is 12.0. The maximum Gasteiger partial charge on any atom is 0.344 e. The van der Waals surface area contributed by atoms with E-state index in [1.807, 2.05) is 18.2 Å². The van der Waals surface area contributed by atoms with Gasteiger partial charge in [-0.15, -0.1) is 11.8 Å². The quantitative estimate of drug-likeness (QED) is 0.249. The van der Waals surface area contributed by atoms with Crippen LogP contribution in [0.1, 0.15) is 19.4 Å². The SMILES string of the molecule is CCOC(=O)/C(C(=NCCc1ccc(OC)c(OC)c1)SC)=C(/C)O. The number of thioether (sulfide) groups is 1. The molecule has 0 saturated carbocycles. The van der Waals surface area contributed by atoms with Gasteiger partial charge in [-0.25, -0.2) is 4.79 Å². The molecule has 0 fully saturated rings. The van der Waals surface area contributed by atoms with Crippen molar-refractivity contribution in [2.45, 2.75) is 20.3 Å². The largest absolute Gasteiger partial charge is 0.512 e. The van der Waals surface area contributed by atoms with E-state index in [-0.39, 0.29) is 17.9 Å². The third kappa shape index (κ3) is 6.01. The lowest BCUT2D eigenvalue weighted by atomic mass is 10.1. The van der Waals surface area contributed by atoms with Crippen LogP contribution in [0.15, 0.2) is 34.5 Å². The number of allylic oxidation sites excluding steroid dienone is 1. The number of ether oxygens (including phenoxy) is 3. The minimum atomic E-state index is -0.568. The predicted molar refractivity (Wildman–Crippen MR) is 101 cm³/mol. The van der Waals surface area contributed by atoms with E-state index < -0.39 is 5.97 Å². The number of rotatable bonds is 8. The summed E-state index contributed by atoms with van der Waals surface area (Å²) in [5, 5.41) is 10.3. The zero-order chi connectivity index (χ0) is 18.8. The Labute approximate surface area is 152 Å². The summed E-state index contributed by atoms with van der Waals surface area (Å²) in [4.78, 5) is 16.5. The van der Waals surface area contributed by atoms with Gasteiger partial charge in [-0.2, -0.15) is 0 Å². The second-order valence-electron chi connectivity index (χ2n) is 5.01. The van der Waals surface area contributed by atoms with E-state index in [2.05, 4.69) is 4.99 Å². The Bertz CT molecular complexity index is 651. The van der Waals surface area contributed by atoms with Gasteiger partial charge in [0.25, 0.3) is 0 Å². The van der Waals surface area contributed by atoms with Crippen molar-refractivity contribution in [3.05, 3.63) is 35.1 Å². The summed E-state index contributed by atoms with van der Waals surface area (Å²) in [5.74, 6) is 0.662. The molecule has 0 radical (unpaired) electrons. The molecule has 0 aliphatic rings. The van der Waals surface area contributed by atoms with E-state index >= 15 is 0 Å². The summed E-state index contributed by atoms with van der Waals surface area (Å²) in [7, 11) is 3.18. The Kier molecular flexibility index (Phi) is 8.91. The molecule has 0 aliphatic carbocycles. The predicted octanol–water partition coefficient (Wildman–Crippen LogP) is 3.40. The minimum Gasteiger partial charge on any atom is -0.512 e. The Morgan fingerprint density at radius 2 is 1.92 bits per heavy atom. The molecule has 25 heavy (non-hydrogen) atoms. The molecule has 0 aliphatic heterocycles. The lowest BCUT2D eigenvalue weighted by Crippen LogP contribution is -2.16. The number of benzene rings is 1. The number of aliphatic hydroxyl groups excluding tert-OH is 1. The first-order chi connectivity index (χ1) is 12.0. The zero-order valence-electron chi connectivity index (χ0n) is 15.3. The highest BCUT2D eigenvalue weighted by molar-refractivity contribution is 8.14. The molecule has 0 aromatic heterocycles. The molecule has 7 heteroatoms. The maximum absolute atomic E-state index is 12.0. The molecule has 1 aromatic rings. The molecule has 0 amide bonds. The van der Waals surface area contributed by atoms with Crippen molar-refractivity contribution >= 4 is 22.8 Å². The normalized spacial score (nSPS) is 12.4. The van der Waals surface area contributed by atoms with E-state index in [4.69, 9.17) is 14.2 Å². The van der Waals surface area contributed by atoms with Crippen molar-refractivity contribution in [1.29, 1.82) is 0 Å². The fourth-order valence-corrected chi connectivity index (χ4v) is 2.82. The smallest absolute Gasteiger partial charge is 0.344 e. The molecule has 0 bridgehead atoms. The van der Waals surface area contributed by atoms with Crippen LogP contribution in [0.3, 0.4) is 0 Å². The monoisotopic (exact) mass is 367 g/mol. The third-order valence-corrected chi connectivity index (χ3v) is 4.07. The number of hydrogen-bond donors (Lipinski definition) is 1. The Hall–Kier alpha value is -2.15. The average molecular weight is 367 g/mol. The van der Waals surface area contributed by atoms with E-state index in [9.17, 15) is 9.90 Å². The van der Waals surface area contributed by atoms with Crippen LogP contribution in [-0.4, -0.2) is 49.7 Å². The third-order valence-electron chi connectivity index (χ3n) is 3.35. The number of aliphatic imine (C=N–C) groups is 1. The summed E-state index contributed by atoms with van der Waals surface area (Å²) < 4.78 is 15.5. The molecule has 0 atom stereocenters. The first-order valence-electron chi connectivity index (χ1n) is 7.85. The molecule has 0 saturated heterocycles. The Morgan fingerprint density at radius 3 is 2.44 bits per heavy atom. The first-order valence-corrected chi connectivity index (χ1v) is 9.07. The van der Waals surface area contributed by atoms with Gasteiger partial charge in [0, 0.05) is 6.54 Å². The van der Waals surface area contributed by atoms with Crippen LogP contribution in [0.25, 0.3) is 0 Å². The molecular formula is C18H25NO5S. The molecule has 1 rings (SSSR count). The Balaban J connectivity index is 2.91. The van der Waals surface area contributed by atoms with E-state index in [1.165, 1.54) is 18.7 Å². The summed E-state index contributed by atoms with van der Waals surface area (Å²) >= 11 is 1.30. The van der Waals surface area contributed by atoms with Gasteiger partial charge in [-0.1, -0.05) is 6.07 Å². The van der Waals surface area contributed by atoms with Crippen LogP contribution >= 0.6 is 11.8 Å². The van der Waals surface area contributed by atoms with Gasteiger partial charge < -0.3 is 19.3 Å². The number of nitrogens with zero attached hydrogens (tertiary/aromatic N) is 1. The minimum absolute atomic E-state index is 0.0994. The number of hydrogen-bond acceptors (Lipinski definition) is 7. The molecule has 0 unspecified atom stereocenters. The molecule has 1 aromatic carbocycles. The number of carbonyl (C=O) groups is 1. The van der Waals surface area contributed by atoms with Crippen molar-refractivity contribution < 1.29 is 24.1 Å². The van der Waals surface area contributed by atoms with E-state index in [0.29, 0.717) is 29.5 Å². The molecule has 0 heterocycles. The van der Waals surface area contributed by atoms with Crippen molar-refractivity contribution in [3.8, 4) is 11.5 Å². The molecule has 138 valence electrons. The van der Waals surface area contributed by atoms with Gasteiger partial charge in [-0.3, -0.25) is 4.99 Å². The fraction of sp³-hybridized carbons (Fsp3) is 0.444. The van der Waals surface area contributed by atoms with Crippen LogP contribution < -0.4 is 9.47 Å². The summed E-state index contributed by atoms with van der Waals surface area (Å²) in [6.45, 7) is 3.87. The molecule has 0 spiro atoms. The van der Waals surface area contributed by atoms with E-state index in [0.717, 1.165) is 5.56 Å². The van der Waals surface area contributed by atoms with Crippen LogP contribution in [0, 0.1) is 0 Å². The first kappa shape index (κ1) is 20.9. The van der Waals surface area contributed by atoms with Crippen molar-refractivity contribution in [2.24, 2.45) is 4.99 Å². The van der Waals surface area contributed by atoms with Gasteiger partial charge in [0.05, 0.1) is 20.8 Å². The van der Waals surface area contributed by atoms with Crippen molar-refractivity contribution in [1.82, 2.24) is 0 Å². The van der Waals surface area contributed by atoms with Crippen LogP contribution in [0.4, 0.5) is 0 Å². The van der Waals surface area contributed by atoms with Crippen LogP contribution in [0.5, 0.6) is 11.5 Å². The number of esters is 1.